The Kier molecular flexibility index (Phi) is 7.82. The van der Waals surface area contributed by atoms with Crippen molar-refractivity contribution in [3.8, 4) is 23.4 Å². The Bertz CT molecular complexity index is 1640. The molecule has 2 heterocycles. The minimum absolute atomic E-state index is 0.000532. The largest absolute Gasteiger partial charge is 0.494 e. The van der Waals surface area contributed by atoms with Crippen molar-refractivity contribution in [2.45, 2.75) is 40.0 Å². The van der Waals surface area contributed by atoms with Crippen LogP contribution in [0.15, 0.2) is 77.2 Å². The van der Waals surface area contributed by atoms with Crippen LogP contribution in [0.2, 0.25) is 0 Å². The number of nitrogens with one attached hydrogen (secondary N) is 1. The zero-order chi connectivity index (χ0) is 28.2. The van der Waals surface area contributed by atoms with Crippen LogP contribution in [0.25, 0.3) is 11.7 Å². The number of ether oxygens (including phenoxy) is 2. The van der Waals surface area contributed by atoms with E-state index < -0.39 is 11.5 Å². The standard InChI is InChI=1S/C31H30N4O4/c1-6-38-24-15-11-23(12-16-24)33-28(36)21(19-32)18-26-29(34-27-20(2)8-7-17-35(27)30(26)37)39-25-13-9-22(10-14-25)31(3,4)5/h7-18H,6H2,1-5H3,(H,33,36). The molecule has 0 spiro atoms. The Morgan fingerprint density at radius 2 is 1.74 bits per heavy atom. The van der Waals surface area contributed by atoms with Gasteiger partial charge in [0.1, 0.15) is 34.4 Å². The molecule has 0 unspecified atom stereocenters. The SMILES string of the molecule is CCOc1ccc(NC(=O)C(C#N)=Cc2c(Oc3ccc(C(C)(C)C)cc3)nc3c(C)cccn3c2=O)cc1. The highest BCUT2D eigenvalue weighted by Crippen LogP contribution is 2.28. The molecular formula is C31H30N4O4. The Morgan fingerprint density at radius 3 is 2.36 bits per heavy atom. The minimum Gasteiger partial charge on any atom is -0.494 e. The van der Waals surface area contributed by atoms with Crippen molar-refractivity contribution in [1.29, 1.82) is 5.26 Å². The van der Waals surface area contributed by atoms with Crippen LogP contribution < -0.4 is 20.3 Å². The molecule has 0 radical (unpaired) electrons. The van der Waals surface area contributed by atoms with Gasteiger partial charge in [-0.25, -0.2) is 0 Å². The summed E-state index contributed by atoms with van der Waals surface area (Å²) >= 11 is 0. The molecule has 1 N–H and O–H groups in total. The number of hydrogen-bond donors (Lipinski definition) is 1. The number of anilines is 1. The highest BCUT2D eigenvalue weighted by molar-refractivity contribution is 6.09. The van der Waals surface area contributed by atoms with Crippen molar-refractivity contribution < 1.29 is 14.3 Å². The van der Waals surface area contributed by atoms with Gasteiger partial charge in [0.2, 0.25) is 5.88 Å². The first kappa shape index (κ1) is 27.1. The van der Waals surface area contributed by atoms with Gasteiger partial charge in [0.25, 0.3) is 11.5 Å². The van der Waals surface area contributed by atoms with Crippen molar-refractivity contribution in [2.75, 3.05) is 11.9 Å². The lowest BCUT2D eigenvalue weighted by Gasteiger charge is -2.19. The topological polar surface area (TPSA) is 106 Å². The highest BCUT2D eigenvalue weighted by atomic mass is 16.5. The predicted octanol–water partition coefficient (Wildman–Crippen LogP) is 6.04. The molecule has 2 aromatic heterocycles. The van der Waals surface area contributed by atoms with E-state index in [9.17, 15) is 14.9 Å². The number of carbonyl (C=O) groups is 1. The Labute approximate surface area is 227 Å². The lowest BCUT2D eigenvalue weighted by atomic mass is 9.87. The van der Waals surface area contributed by atoms with Crippen LogP contribution in [0.5, 0.6) is 17.4 Å². The summed E-state index contributed by atoms with van der Waals surface area (Å²) in [5, 5.41) is 12.5. The fourth-order valence-corrected chi connectivity index (χ4v) is 3.92. The molecule has 0 aliphatic heterocycles. The molecule has 198 valence electrons. The van der Waals surface area contributed by atoms with Crippen LogP contribution in [0.4, 0.5) is 5.69 Å². The number of rotatable bonds is 7. The van der Waals surface area contributed by atoms with Crippen molar-refractivity contribution in [1.82, 2.24) is 9.38 Å². The van der Waals surface area contributed by atoms with Crippen LogP contribution in [0.1, 0.15) is 44.4 Å². The third-order valence-electron chi connectivity index (χ3n) is 6.06. The lowest BCUT2D eigenvalue weighted by molar-refractivity contribution is -0.112. The number of aromatic nitrogens is 2. The van der Waals surface area contributed by atoms with Gasteiger partial charge in [-0.2, -0.15) is 10.2 Å². The number of pyridine rings is 1. The van der Waals surface area contributed by atoms with Crippen LogP contribution in [0.3, 0.4) is 0 Å². The van der Waals surface area contributed by atoms with Gasteiger partial charge in [0, 0.05) is 11.9 Å². The van der Waals surface area contributed by atoms with Crippen molar-refractivity contribution in [3.63, 3.8) is 0 Å². The van der Waals surface area contributed by atoms with Crippen molar-refractivity contribution in [2.24, 2.45) is 0 Å². The number of hydrogen-bond acceptors (Lipinski definition) is 6. The molecule has 0 fully saturated rings. The summed E-state index contributed by atoms with van der Waals surface area (Å²) in [5.41, 5.74) is 1.98. The summed E-state index contributed by atoms with van der Waals surface area (Å²) in [4.78, 5) is 31.1. The Hall–Kier alpha value is -4.90. The third kappa shape index (κ3) is 6.16. The van der Waals surface area contributed by atoms with E-state index in [1.165, 1.54) is 10.5 Å². The maximum Gasteiger partial charge on any atom is 0.269 e. The first-order chi connectivity index (χ1) is 18.6. The predicted molar refractivity (Wildman–Crippen MR) is 151 cm³/mol. The lowest BCUT2D eigenvalue weighted by Crippen LogP contribution is -2.20. The average molecular weight is 523 g/mol. The number of nitriles is 1. The van der Waals surface area contributed by atoms with Gasteiger partial charge < -0.3 is 14.8 Å². The molecule has 0 aliphatic carbocycles. The molecule has 0 atom stereocenters. The van der Waals surface area contributed by atoms with Gasteiger partial charge >= 0.3 is 0 Å². The molecule has 39 heavy (non-hydrogen) atoms. The zero-order valence-corrected chi connectivity index (χ0v) is 22.6. The van der Waals surface area contributed by atoms with E-state index in [0.717, 1.165) is 11.1 Å². The smallest absolute Gasteiger partial charge is 0.269 e. The average Bonchev–Trinajstić information content (AvgIpc) is 2.90. The van der Waals surface area contributed by atoms with Crippen LogP contribution in [-0.2, 0) is 10.2 Å². The molecule has 0 saturated heterocycles. The van der Waals surface area contributed by atoms with E-state index >= 15 is 0 Å². The second kappa shape index (κ2) is 11.2. The van der Waals surface area contributed by atoms with Crippen LogP contribution >= 0.6 is 0 Å². The van der Waals surface area contributed by atoms with Gasteiger partial charge in [0.05, 0.1) is 6.61 Å². The summed E-state index contributed by atoms with van der Waals surface area (Å²) in [5.74, 6) is 0.463. The summed E-state index contributed by atoms with van der Waals surface area (Å²) in [7, 11) is 0. The number of carbonyl (C=O) groups excluding carboxylic acids is 1. The molecule has 1 amide bonds. The van der Waals surface area contributed by atoms with Gasteiger partial charge in [-0.05, 0) is 78.9 Å². The second-order valence-electron chi connectivity index (χ2n) is 9.98. The molecule has 0 bridgehead atoms. The second-order valence-corrected chi connectivity index (χ2v) is 9.98. The number of aryl methyl sites for hydroxylation is 1. The van der Waals surface area contributed by atoms with E-state index in [0.29, 0.717) is 29.4 Å². The summed E-state index contributed by atoms with van der Waals surface area (Å²) in [6, 6.07) is 19.8. The van der Waals surface area contributed by atoms with E-state index in [4.69, 9.17) is 9.47 Å². The first-order valence-corrected chi connectivity index (χ1v) is 12.6. The maximum atomic E-state index is 13.6. The fourth-order valence-electron chi connectivity index (χ4n) is 3.92. The first-order valence-electron chi connectivity index (χ1n) is 12.6. The van der Waals surface area contributed by atoms with Crippen molar-refractivity contribution in [3.05, 3.63) is 99.5 Å². The van der Waals surface area contributed by atoms with E-state index in [-0.39, 0.29) is 22.4 Å². The molecular weight excluding hydrogens is 492 g/mol. The summed E-state index contributed by atoms with van der Waals surface area (Å²) in [6.45, 7) is 10.6. The highest BCUT2D eigenvalue weighted by Gasteiger charge is 2.19. The molecule has 2 aromatic carbocycles. The normalized spacial score (nSPS) is 11.6. The summed E-state index contributed by atoms with van der Waals surface area (Å²) in [6.07, 6.45) is 2.80. The monoisotopic (exact) mass is 522 g/mol. The number of fused-ring (bicyclic) bond motifs is 1. The molecule has 0 aliphatic rings. The Balaban J connectivity index is 1.75. The molecule has 8 heteroatoms. The summed E-state index contributed by atoms with van der Waals surface area (Å²) < 4.78 is 12.9. The quantitative estimate of drug-likeness (QED) is 0.234. The maximum absolute atomic E-state index is 13.6. The zero-order valence-electron chi connectivity index (χ0n) is 22.6. The third-order valence-corrected chi connectivity index (χ3v) is 6.06. The molecule has 8 nitrogen and oxygen atoms in total. The van der Waals surface area contributed by atoms with Crippen LogP contribution in [0, 0.1) is 18.3 Å². The molecule has 4 rings (SSSR count). The van der Waals surface area contributed by atoms with Gasteiger partial charge in [0.15, 0.2) is 0 Å². The Morgan fingerprint density at radius 1 is 1.08 bits per heavy atom. The number of nitrogens with zero attached hydrogens (tertiary/aromatic N) is 3. The van der Waals surface area contributed by atoms with Crippen molar-refractivity contribution >= 4 is 23.3 Å². The van der Waals surface area contributed by atoms with Gasteiger partial charge in [-0.1, -0.05) is 39.0 Å². The number of benzene rings is 2. The van der Waals surface area contributed by atoms with E-state index in [1.807, 2.05) is 38.1 Å². The fraction of sp³-hybridized carbons (Fsp3) is 0.226. The van der Waals surface area contributed by atoms with E-state index in [1.54, 1.807) is 48.7 Å². The molecule has 0 saturated carbocycles. The molecule has 4 aromatic rings. The minimum atomic E-state index is -0.670. The van der Waals surface area contributed by atoms with Gasteiger partial charge in [-0.3, -0.25) is 14.0 Å². The van der Waals surface area contributed by atoms with Gasteiger partial charge in [-0.15, -0.1) is 0 Å². The van der Waals surface area contributed by atoms with E-state index in [2.05, 4.69) is 31.1 Å². The number of amides is 1. The van der Waals surface area contributed by atoms with Crippen LogP contribution in [-0.4, -0.2) is 21.9 Å².